The van der Waals surface area contributed by atoms with E-state index in [0.29, 0.717) is 5.56 Å². The zero-order chi connectivity index (χ0) is 18.6. The Kier molecular flexibility index (Phi) is 5.48. The molecule has 0 amide bonds. The summed E-state index contributed by atoms with van der Waals surface area (Å²) in [5, 5.41) is 17.7. The molecule has 1 aromatic heterocycles. The summed E-state index contributed by atoms with van der Waals surface area (Å²) in [6.07, 6.45) is 0. The number of aromatic nitrogens is 2. The highest BCUT2D eigenvalue weighted by Gasteiger charge is 2.32. The summed E-state index contributed by atoms with van der Waals surface area (Å²) in [5.41, 5.74) is 0.0562. The Balaban J connectivity index is 2.12. The Bertz CT molecular complexity index is 766. The lowest BCUT2D eigenvalue weighted by Crippen LogP contribution is -2.46. The summed E-state index contributed by atoms with van der Waals surface area (Å²) in [6, 6.07) is 5.41. The maximum Gasteiger partial charge on any atom is 0.323 e. The molecule has 0 saturated carbocycles. The molecule has 0 saturated heterocycles. The quantitative estimate of drug-likeness (QED) is 0.480. The minimum absolute atomic E-state index is 0.0551. The largest absolute Gasteiger partial charge is 0.468 e. The Labute approximate surface area is 144 Å². The third-order valence-electron chi connectivity index (χ3n) is 3.54. The molecule has 0 aliphatic carbocycles. The Morgan fingerprint density at radius 1 is 1.44 bits per heavy atom. The number of non-ortho nitro benzene ring substituents is 1. The maximum absolute atomic E-state index is 11.9. The molecule has 25 heavy (non-hydrogen) atoms. The molecule has 2 rings (SSSR count). The molecule has 9 heteroatoms. The smallest absolute Gasteiger partial charge is 0.323 e. The normalized spacial score (nSPS) is 12.6. The van der Waals surface area contributed by atoms with Crippen LogP contribution in [-0.4, -0.2) is 34.2 Å². The Hall–Kier alpha value is -2.81. The van der Waals surface area contributed by atoms with E-state index in [0.717, 1.165) is 0 Å². The van der Waals surface area contributed by atoms with Crippen LogP contribution in [0.2, 0.25) is 0 Å². The monoisotopic (exact) mass is 348 g/mol. The van der Waals surface area contributed by atoms with Gasteiger partial charge in [-0.2, -0.15) is 4.98 Å². The summed E-state index contributed by atoms with van der Waals surface area (Å²) in [5.74, 6) is 0.122. The SMILES string of the molecule is COC(=O)C(NCc1nc(-c2cccc([N+](=O)[O-])c2)no1)C(C)(C)C. The van der Waals surface area contributed by atoms with E-state index in [-0.39, 0.29) is 35.3 Å². The zero-order valence-electron chi connectivity index (χ0n) is 14.5. The number of hydrogen-bond acceptors (Lipinski definition) is 8. The first-order valence-electron chi connectivity index (χ1n) is 7.61. The molecular formula is C16H20N4O5. The lowest BCUT2D eigenvalue weighted by atomic mass is 9.87. The highest BCUT2D eigenvalue weighted by molar-refractivity contribution is 5.76. The molecule has 134 valence electrons. The number of methoxy groups -OCH3 is 1. The molecule has 1 heterocycles. The minimum atomic E-state index is -0.550. The van der Waals surface area contributed by atoms with Gasteiger partial charge in [-0.15, -0.1) is 0 Å². The van der Waals surface area contributed by atoms with Gasteiger partial charge in [0.05, 0.1) is 18.6 Å². The predicted molar refractivity (Wildman–Crippen MR) is 88.5 cm³/mol. The number of carbonyl (C=O) groups excluding carboxylic acids is 1. The molecule has 0 radical (unpaired) electrons. The third kappa shape index (κ3) is 4.60. The van der Waals surface area contributed by atoms with Gasteiger partial charge in [-0.05, 0) is 5.41 Å². The van der Waals surface area contributed by atoms with Crippen molar-refractivity contribution in [3.8, 4) is 11.4 Å². The van der Waals surface area contributed by atoms with Gasteiger partial charge in [0.15, 0.2) is 0 Å². The molecule has 0 aliphatic rings. The van der Waals surface area contributed by atoms with Crippen LogP contribution in [0.25, 0.3) is 11.4 Å². The van der Waals surface area contributed by atoms with Crippen LogP contribution < -0.4 is 5.32 Å². The number of benzene rings is 1. The van der Waals surface area contributed by atoms with Crippen molar-refractivity contribution < 1.29 is 19.0 Å². The van der Waals surface area contributed by atoms with Crippen LogP contribution in [0.15, 0.2) is 28.8 Å². The summed E-state index contributed by atoms with van der Waals surface area (Å²) >= 11 is 0. The number of hydrogen-bond donors (Lipinski definition) is 1. The van der Waals surface area contributed by atoms with Crippen LogP contribution in [0.5, 0.6) is 0 Å². The second-order valence-corrected chi connectivity index (χ2v) is 6.52. The van der Waals surface area contributed by atoms with Crippen LogP contribution in [0.4, 0.5) is 5.69 Å². The number of rotatable bonds is 6. The molecule has 0 bridgehead atoms. The van der Waals surface area contributed by atoms with Gasteiger partial charge in [-0.1, -0.05) is 38.1 Å². The van der Waals surface area contributed by atoms with Crippen molar-refractivity contribution in [1.82, 2.24) is 15.5 Å². The molecule has 1 atom stereocenters. The lowest BCUT2D eigenvalue weighted by molar-refractivity contribution is -0.384. The zero-order valence-corrected chi connectivity index (χ0v) is 14.5. The van der Waals surface area contributed by atoms with Gasteiger partial charge in [0, 0.05) is 17.7 Å². The fourth-order valence-corrected chi connectivity index (χ4v) is 2.25. The Morgan fingerprint density at radius 2 is 2.16 bits per heavy atom. The molecule has 0 aliphatic heterocycles. The number of nitrogens with zero attached hydrogens (tertiary/aromatic N) is 3. The molecule has 0 fully saturated rings. The van der Waals surface area contributed by atoms with Crippen molar-refractivity contribution in [2.45, 2.75) is 33.4 Å². The van der Waals surface area contributed by atoms with Crippen molar-refractivity contribution in [2.24, 2.45) is 5.41 Å². The molecular weight excluding hydrogens is 328 g/mol. The van der Waals surface area contributed by atoms with Crippen molar-refractivity contribution >= 4 is 11.7 Å². The van der Waals surface area contributed by atoms with Gasteiger partial charge in [0.1, 0.15) is 6.04 Å². The van der Waals surface area contributed by atoms with Crippen LogP contribution in [0.1, 0.15) is 26.7 Å². The first-order chi connectivity index (χ1) is 11.7. The third-order valence-corrected chi connectivity index (χ3v) is 3.54. The van der Waals surface area contributed by atoms with Crippen molar-refractivity contribution in [3.05, 3.63) is 40.3 Å². The molecule has 9 nitrogen and oxygen atoms in total. The summed E-state index contributed by atoms with van der Waals surface area (Å²) in [7, 11) is 1.33. The van der Waals surface area contributed by atoms with E-state index in [1.165, 1.54) is 19.2 Å². The van der Waals surface area contributed by atoms with Gasteiger partial charge in [-0.25, -0.2) is 0 Å². The van der Waals surface area contributed by atoms with Crippen molar-refractivity contribution in [1.29, 1.82) is 0 Å². The van der Waals surface area contributed by atoms with Crippen molar-refractivity contribution in [2.75, 3.05) is 7.11 Å². The lowest BCUT2D eigenvalue weighted by Gasteiger charge is -2.28. The first-order valence-corrected chi connectivity index (χ1v) is 7.61. The highest BCUT2D eigenvalue weighted by atomic mass is 16.6. The van der Waals surface area contributed by atoms with E-state index in [1.807, 2.05) is 20.8 Å². The fourth-order valence-electron chi connectivity index (χ4n) is 2.25. The minimum Gasteiger partial charge on any atom is -0.468 e. The molecule has 1 N–H and O–H groups in total. The molecule has 2 aromatic rings. The van der Waals surface area contributed by atoms with E-state index >= 15 is 0 Å². The van der Waals surface area contributed by atoms with Crippen LogP contribution in [-0.2, 0) is 16.1 Å². The number of ether oxygens (including phenoxy) is 1. The average molecular weight is 348 g/mol. The van der Waals surface area contributed by atoms with Crippen molar-refractivity contribution in [3.63, 3.8) is 0 Å². The van der Waals surface area contributed by atoms with Crippen LogP contribution in [0, 0.1) is 15.5 Å². The Morgan fingerprint density at radius 3 is 2.76 bits per heavy atom. The van der Waals surface area contributed by atoms with Gasteiger partial charge in [0.25, 0.3) is 5.69 Å². The molecule has 1 aromatic carbocycles. The summed E-state index contributed by atoms with van der Waals surface area (Å²) in [6.45, 7) is 5.89. The number of nitro groups is 1. The molecule has 1 unspecified atom stereocenters. The second kappa shape index (κ2) is 7.39. The number of esters is 1. The van der Waals surface area contributed by atoms with Crippen LogP contribution >= 0.6 is 0 Å². The van der Waals surface area contributed by atoms with Gasteiger partial charge >= 0.3 is 5.97 Å². The predicted octanol–water partition coefficient (Wildman–Crippen LogP) is 2.32. The van der Waals surface area contributed by atoms with E-state index in [4.69, 9.17) is 9.26 Å². The van der Waals surface area contributed by atoms with E-state index < -0.39 is 11.0 Å². The van der Waals surface area contributed by atoms with Gasteiger partial charge in [0.2, 0.25) is 11.7 Å². The first kappa shape index (κ1) is 18.5. The number of nitrogens with one attached hydrogen (secondary N) is 1. The fraction of sp³-hybridized carbons (Fsp3) is 0.438. The topological polar surface area (TPSA) is 120 Å². The number of carbonyl (C=O) groups is 1. The van der Waals surface area contributed by atoms with Crippen LogP contribution in [0.3, 0.4) is 0 Å². The van der Waals surface area contributed by atoms with E-state index in [1.54, 1.807) is 12.1 Å². The second-order valence-electron chi connectivity index (χ2n) is 6.52. The standard InChI is InChI=1S/C16H20N4O5/c1-16(2,3)13(15(21)24-4)17-9-12-18-14(19-25-12)10-6-5-7-11(8-10)20(22)23/h5-8,13,17H,9H2,1-4H3. The van der Waals surface area contributed by atoms with Gasteiger partial charge < -0.3 is 9.26 Å². The highest BCUT2D eigenvalue weighted by Crippen LogP contribution is 2.23. The maximum atomic E-state index is 11.9. The summed E-state index contributed by atoms with van der Waals surface area (Å²) < 4.78 is 9.96. The molecule has 0 spiro atoms. The van der Waals surface area contributed by atoms with E-state index in [2.05, 4.69) is 15.5 Å². The summed E-state index contributed by atoms with van der Waals surface area (Å²) in [4.78, 5) is 26.4. The van der Waals surface area contributed by atoms with E-state index in [9.17, 15) is 14.9 Å². The average Bonchev–Trinajstić information content (AvgIpc) is 3.02. The van der Waals surface area contributed by atoms with Gasteiger partial charge in [-0.3, -0.25) is 20.2 Å². The number of nitro benzene ring substituents is 1.